The van der Waals surface area contributed by atoms with E-state index in [4.69, 9.17) is 31.9 Å². The van der Waals surface area contributed by atoms with Crippen molar-refractivity contribution < 1.29 is 143 Å². The van der Waals surface area contributed by atoms with Gasteiger partial charge >= 0.3 is 103 Å². The van der Waals surface area contributed by atoms with Crippen molar-refractivity contribution >= 4 is 41.2 Å². The molecule has 0 saturated carbocycles. The molecule has 6 aromatic rings. The molecule has 0 saturated heterocycles. The van der Waals surface area contributed by atoms with Crippen molar-refractivity contribution in [1.82, 2.24) is 19.5 Å². The number of ketones is 4. The summed E-state index contributed by atoms with van der Waals surface area (Å²) in [6.45, 7) is 11.6. The van der Waals surface area contributed by atoms with Crippen LogP contribution in [0.3, 0.4) is 0 Å². The normalized spacial score (nSPS) is 11.1. The Morgan fingerprint density at radius 1 is 0.778 bits per heavy atom. The Labute approximate surface area is 458 Å². The van der Waals surface area contributed by atoms with E-state index in [0.29, 0.717) is 51.9 Å². The van der Waals surface area contributed by atoms with Crippen LogP contribution in [0.15, 0.2) is 97.1 Å². The number of nitrogens with zero attached hydrogens (tertiary/aromatic N) is 4. The fourth-order valence-corrected chi connectivity index (χ4v) is 6.38. The Balaban J connectivity index is 0.000000910. The molecule has 0 bridgehead atoms. The Kier molecular flexibility index (Phi) is 25.2. The summed E-state index contributed by atoms with van der Waals surface area (Å²) in [5.74, 6) is 0.00631. The van der Waals surface area contributed by atoms with Gasteiger partial charge in [-0.15, -0.1) is 11.6 Å². The fourth-order valence-electron chi connectivity index (χ4n) is 6.20. The number of hydrogen-bond donors (Lipinski definition) is 1. The van der Waals surface area contributed by atoms with Crippen LogP contribution >= 0.6 is 11.6 Å². The van der Waals surface area contributed by atoms with Crippen LogP contribution in [-0.2, 0) is 22.1 Å². The van der Waals surface area contributed by atoms with Gasteiger partial charge in [0.05, 0.1) is 6.07 Å². The van der Waals surface area contributed by atoms with E-state index < -0.39 is 23.1 Å². The van der Waals surface area contributed by atoms with Crippen molar-refractivity contribution in [1.29, 1.82) is 5.26 Å². The number of carbonyl (C=O) groups excluding carboxylic acids is 5. The van der Waals surface area contributed by atoms with Crippen molar-refractivity contribution in [2.45, 2.75) is 73.2 Å². The van der Waals surface area contributed by atoms with Crippen molar-refractivity contribution in [3.8, 4) is 28.6 Å². The first kappa shape index (κ1) is 57.4. The molecule has 12 nitrogen and oxygen atoms in total. The van der Waals surface area contributed by atoms with Crippen LogP contribution in [-0.4, -0.2) is 49.1 Å². The molecule has 2 aliphatic carbocycles. The number of nitrogens with one attached hydrogen (secondary N) is 1. The van der Waals surface area contributed by atoms with E-state index in [1.54, 1.807) is 47.0 Å². The number of aromatic nitrogens is 4. The third kappa shape index (κ3) is 14.4. The molecule has 0 fully saturated rings. The van der Waals surface area contributed by atoms with Crippen LogP contribution < -0.4 is 108 Å². The molecule has 63 heavy (non-hydrogen) atoms. The van der Waals surface area contributed by atoms with Crippen molar-refractivity contribution in [3.05, 3.63) is 154 Å². The molecule has 0 spiro atoms. The zero-order valence-corrected chi connectivity index (χ0v) is 42.8. The van der Waals surface area contributed by atoms with Crippen LogP contribution in [0.25, 0.3) is 22.5 Å². The molecule has 2 heterocycles. The molecular weight excluding hydrogens is 879 g/mol. The number of H-pyrrole nitrogens is 1. The van der Waals surface area contributed by atoms with Gasteiger partial charge in [-0.3, -0.25) is 24.0 Å². The number of carbonyl (C=O) groups is 5. The van der Waals surface area contributed by atoms with Gasteiger partial charge in [0.15, 0.2) is 0 Å². The number of alkyl halides is 1. The quantitative estimate of drug-likeness (QED) is 0.0649. The van der Waals surface area contributed by atoms with Gasteiger partial charge in [-0.05, 0) is 30.2 Å². The van der Waals surface area contributed by atoms with Gasteiger partial charge in [0.1, 0.15) is 40.2 Å². The van der Waals surface area contributed by atoms with Gasteiger partial charge in [-0.1, -0.05) is 126 Å². The molecule has 0 unspecified atom stereocenters. The summed E-state index contributed by atoms with van der Waals surface area (Å²) in [6, 6.07) is 30.2. The van der Waals surface area contributed by atoms with E-state index in [1.807, 2.05) is 64.1 Å². The molecule has 0 atom stereocenters. The van der Waals surface area contributed by atoms with Gasteiger partial charge < -0.3 is 21.1 Å². The van der Waals surface area contributed by atoms with Crippen LogP contribution in [0.5, 0.6) is 0 Å². The van der Waals surface area contributed by atoms with Gasteiger partial charge in [-0.25, -0.2) is 14.4 Å². The minimum Gasteiger partial charge on any atom is -1.00 e. The summed E-state index contributed by atoms with van der Waals surface area (Å²) in [5, 5.41) is 15.8. The van der Waals surface area contributed by atoms with Crippen LogP contribution in [0.2, 0.25) is 0 Å². The number of imidazole rings is 2. The second-order valence-electron chi connectivity index (χ2n) is 14.0. The maximum atomic E-state index is 13.2. The molecule has 2 aliphatic rings. The van der Waals surface area contributed by atoms with E-state index in [0.717, 1.165) is 22.8 Å². The molecule has 0 aliphatic heterocycles. The number of benzene rings is 4. The molecule has 2 aromatic heterocycles. The first-order chi connectivity index (χ1) is 28.7. The number of rotatable bonds is 6. The summed E-state index contributed by atoms with van der Waals surface area (Å²) in [4.78, 5) is 72.7. The Morgan fingerprint density at radius 3 is 1.70 bits per heavy atom. The maximum absolute atomic E-state index is 13.2. The van der Waals surface area contributed by atoms with Gasteiger partial charge in [0.25, 0.3) is 18.0 Å². The van der Waals surface area contributed by atoms with Crippen molar-refractivity contribution in [3.63, 3.8) is 0 Å². The minimum absolute atomic E-state index is 0. The average Bonchev–Trinajstić information content (AvgIpc) is 3.88. The number of nitriles is 1. The largest absolute Gasteiger partial charge is 1.00 e. The molecule has 318 valence electrons. The van der Waals surface area contributed by atoms with Gasteiger partial charge in [0, 0.05) is 53.4 Å². The predicted octanol–water partition coefficient (Wildman–Crippen LogP) is 3.27. The standard InChI is InChI=1S/C21H17FN2O2.C14H12N2O2.C8H9Cl.C2H3N.CH2O3.CH4.2K.H/c1-12(2)21-23-17-15-5-3-4-6-16(15)19(25)20(26)18(17)24(21)11-13-7-9-14(22)10-8-13;1-7(2)14-15-10-8-5-3-4-6-9(8)12(17)13(18)11(10)16-14;1-7-2-4-8(6-9)5-3-7;1-2-3;2-1-4-3;;;;/h3-10,12H,11H2,1-2H3;3-7H,1-2H3,(H,15,16);2-5H,6H2,1H3;1H3;1,3H;1H4;;;/q;;;;;;2*+1;-1/p-1. The molecule has 4 aromatic carbocycles. The zero-order valence-electron chi connectivity index (χ0n) is 36.8. The van der Waals surface area contributed by atoms with Crippen LogP contribution in [0.1, 0.15) is 125 Å². The summed E-state index contributed by atoms with van der Waals surface area (Å²) >= 11 is 5.58. The van der Waals surface area contributed by atoms with Gasteiger partial charge in [-0.2, -0.15) is 5.26 Å². The number of aromatic amines is 1. The second-order valence-corrected chi connectivity index (χ2v) is 14.2. The number of fused-ring (bicyclic) bond motifs is 6. The first-order valence-corrected chi connectivity index (χ1v) is 19.2. The molecule has 0 radical (unpaired) electrons. The minimum atomic E-state index is -0.541. The topological polar surface area (TPSA) is 188 Å². The summed E-state index contributed by atoms with van der Waals surface area (Å²) < 4.78 is 15.0. The van der Waals surface area contributed by atoms with Gasteiger partial charge in [0.2, 0.25) is 11.6 Å². The fraction of sp³-hybridized carbons (Fsp3) is 0.234. The van der Waals surface area contributed by atoms with E-state index in [9.17, 15) is 23.6 Å². The average molecular weight is 927 g/mol. The maximum Gasteiger partial charge on any atom is 1.00 e. The Bertz CT molecular complexity index is 2560. The zero-order chi connectivity index (χ0) is 44.1. The molecule has 8 rings (SSSR count). The number of Topliss-reactive ketones (excluding diaryl/α,β-unsaturated/α-hetero) is 4. The predicted molar refractivity (Wildman–Crippen MR) is 230 cm³/mol. The SMILES string of the molecule is C.CC#N.CC(C)c1nc2c([nH]1)C(=O)C(=O)c1ccccc1-2.CC(C)c1nc2c(n1Cc1ccc(F)cc1)C(=O)C(=O)c1ccccc1-2.Cc1ccc(CCl)cc1.O=CO[O-].[H-].[K+].[K+]. The molecule has 1 N–H and O–H groups in total. The van der Waals surface area contributed by atoms with Crippen molar-refractivity contribution in [2.24, 2.45) is 0 Å². The Hall–Kier alpha value is -3.61. The Morgan fingerprint density at radius 2 is 1.24 bits per heavy atom. The third-order valence-corrected chi connectivity index (χ3v) is 9.37. The second kappa shape index (κ2) is 27.7. The third-order valence-electron chi connectivity index (χ3n) is 9.06. The van der Waals surface area contributed by atoms with E-state index >= 15 is 0 Å². The first-order valence-electron chi connectivity index (χ1n) is 18.7. The number of aryl methyl sites for hydroxylation is 1. The molecule has 16 heteroatoms. The van der Waals surface area contributed by atoms with E-state index in [1.165, 1.54) is 30.2 Å². The monoisotopic (exact) mass is 925 g/mol. The molecule has 0 amide bonds. The summed E-state index contributed by atoms with van der Waals surface area (Å²) in [6.07, 6.45) is 0. The smallest absolute Gasteiger partial charge is 1.00 e. The van der Waals surface area contributed by atoms with Crippen LogP contribution in [0, 0.1) is 24.1 Å². The van der Waals surface area contributed by atoms with E-state index in [2.05, 4.69) is 33.9 Å². The number of halogens is 2. The van der Waals surface area contributed by atoms with Crippen LogP contribution in [0.4, 0.5) is 4.39 Å². The van der Waals surface area contributed by atoms with E-state index in [-0.39, 0.29) is 136 Å². The van der Waals surface area contributed by atoms with Crippen molar-refractivity contribution in [2.75, 3.05) is 0 Å². The summed E-state index contributed by atoms with van der Waals surface area (Å²) in [7, 11) is 0. The summed E-state index contributed by atoms with van der Waals surface area (Å²) in [5.41, 5.74) is 7.36. The molecular formula is C47H47ClFK2N5O7. The number of hydrogen-bond acceptors (Lipinski definition) is 10.